The van der Waals surface area contributed by atoms with Crippen LogP contribution >= 0.6 is 27.3 Å². The molecule has 9 heteroatoms. The van der Waals surface area contributed by atoms with E-state index in [2.05, 4.69) is 36.3 Å². The normalized spacial score (nSPS) is 15.0. The van der Waals surface area contributed by atoms with Crippen LogP contribution in [0.25, 0.3) is 0 Å². The number of carbonyl (C=O) groups excluding carboxylic acids is 1. The highest BCUT2D eigenvalue weighted by Gasteiger charge is 2.17. The van der Waals surface area contributed by atoms with Crippen molar-refractivity contribution in [1.82, 2.24) is 10.4 Å². The number of rotatable bonds is 4. The predicted octanol–water partition coefficient (Wildman–Crippen LogP) is 2.65. The van der Waals surface area contributed by atoms with Crippen molar-refractivity contribution < 1.29 is 13.9 Å². The summed E-state index contributed by atoms with van der Waals surface area (Å²) in [6, 6.07) is 4.49. The molecule has 1 aromatic carbocycles. The molecule has 6 nitrogen and oxygen atoms in total. The molecule has 1 fully saturated rings. The second-order valence-corrected chi connectivity index (χ2v) is 6.73. The van der Waals surface area contributed by atoms with Gasteiger partial charge in [0, 0.05) is 28.5 Å². The Hall–Kier alpha value is -1.84. The minimum atomic E-state index is -0.433. The number of halogens is 2. The number of thiazole rings is 1. The largest absolute Gasteiger partial charge is 0.378 e. The molecule has 1 N–H and O–H groups in total. The first-order chi connectivity index (χ1) is 11.6. The smallest absolute Gasteiger partial charge is 0.290 e. The molecule has 0 spiro atoms. The monoisotopic (exact) mass is 412 g/mol. The van der Waals surface area contributed by atoms with Gasteiger partial charge in [-0.1, -0.05) is 15.9 Å². The maximum Gasteiger partial charge on any atom is 0.290 e. The first-order valence-electron chi connectivity index (χ1n) is 7.20. The topological polar surface area (TPSA) is 66.8 Å². The van der Waals surface area contributed by atoms with E-state index in [1.165, 1.54) is 23.6 Å². The van der Waals surface area contributed by atoms with E-state index in [0.717, 1.165) is 22.7 Å². The molecule has 24 heavy (non-hydrogen) atoms. The standard InChI is InChI=1S/C15H14BrFN4O2S/c16-11-1-2-12(17)10(7-11)8-18-20-14(22)13-9-24-15(19-13)21-3-5-23-6-4-21/h1-2,7-9H,3-6H2,(H,20,22)/b18-8+. The second kappa shape index (κ2) is 7.82. The van der Waals surface area contributed by atoms with Gasteiger partial charge in [-0.05, 0) is 18.2 Å². The van der Waals surface area contributed by atoms with Gasteiger partial charge in [0.05, 0.1) is 19.4 Å². The Morgan fingerprint density at radius 3 is 3.04 bits per heavy atom. The Kier molecular flexibility index (Phi) is 5.54. The predicted molar refractivity (Wildman–Crippen MR) is 94.3 cm³/mol. The Morgan fingerprint density at radius 1 is 1.46 bits per heavy atom. The van der Waals surface area contributed by atoms with Crippen LogP contribution in [0.2, 0.25) is 0 Å². The van der Waals surface area contributed by atoms with Gasteiger partial charge in [0.1, 0.15) is 11.5 Å². The Balaban J connectivity index is 1.61. The average Bonchev–Trinajstić information content (AvgIpc) is 3.09. The molecular weight excluding hydrogens is 399 g/mol. The van der Waals surface area contributed by atoms with Crippen molar-refractivity contribution in [2.75, 3.05) is 31.2 Å². The highest BCUT2D eigenvalue weighted by Crippen LogP contribution is 2.21. The summed E-state index contributed by atoms with van der Waals surface area (Å²) in [6.45, 7) is 2.83. The summed E-state index contributed by atoms with van der Waals surface area (Å²) in [6.07, 6.45) is 1.26. The Morgan fingerprint density at radius 2 is 2.25 bits per heavy atom. The molecular formula is C15H14BrFN4O2S. The number of nitrogens with one attached hydrogen (secondary N) is 1. The third-order valence-corrected chi connectivity index (χ3v) is 4.73. The van der Waals surface area contributed by atoms with Crippen LogP contribution in [0.4, 0.5) is 9.52 Å². The molecule has 0 unspecified atom stereocenters. The lowest BCUT2D eigenvalue weighted by Gasteiger charge is -2.25. The van der Waals surface area contributed by atoms with Crippen LogP contribution in [0.5, 0.6) is 0 Å². The second-order valence-electron chi connectivity index (χ2n) is 4.98. The maximum atomic E-state index is 13.6. The van der Waals surface area contributed by atoms with Crippen LogP contribution < -0.4 is 10.3 Å². The molecule has 0 aliphatic carbocycles. The third-order valence-electron chi connectivity index (χ3n) is 3.33. The fraction of sp³-hybridized carbons (Fsp3) is 0.267. The number of ether oxygens (including phenoxy) is 1. The van der Waals surface area contributed by atoms with Gasteiger partial charge in [-0.3, -0.25) is 4.79 Å². The van der Waals surface area contributed by atoms with Crippen LogP contribution in [0.1, 0.15) is 16.1 Å². The van der Waals surface area contributed by atoms with Crippen LogP contribution in [0.3, 0.4) is 0 Å². The number of hydrazone groups is 1. The summed E-state index contributed by atoms with van der Waals surface area (Å²) < 4.78 is 19.6. The van der Waals surface area contributed by atoms with Gasteiger partial charge in [-0.15, -0.1) is 11.3 Å². The van der Waals surface area contributed by atoms with Gasteiger partial charge in [0.25, 0.3) is 5.91 Å². The van der Waals surface area contributed by atoms with Crippen molar-refractivity contribution in [1.29, 1.82) is 0 Å². The van der Waals surface area contributed by atoms with Gasteiger partial charge >= 0.3 is 0 Å². The first kappa shape index (κ1) is 17.0. The van der Waals surface area contributed by atoms with Gasteiger partial charge in [-0.25, -0.2) is 14.8 Å². The molecule has 0 bridgehead atoms. The number of aromatic nitrogens is 1. The van der Waals surface area contributed by atoms with Crippen molar-refractivity contribution in [2.45, 2.75) is 0 Å². The van der Waals surface area contributed by atoms with Gasteiger partial charge in [0.2, 0.25) is 0 Å². The number of nitrogens with zero attached hydrogens (tertiary/aromatic N) is 3. The molecule has 3 rings (SSSR count). The molecule has 0 saturated carbocycles. The van der Waals surface area contributed by atoms with E-state index in [9.17, 15) is 9.18 Å². The van der Waals surface area contributed by atoms with Gasteiger partial charge in [0.15, 0.2) is 5.13 Å². The van der Waals surface area contributed by atoms with E-state index in [4.69, 9.17) is 4.74 Å². The fourth-order valence-corrected chi connectivity index (χ4v) is 3.34. The Labute approximate surface area is 150 Å². The lowest BCUT2D eigenvalue weighted by molar-refractivity contribution is 0.0951. The van der Waals surface area contributed by atoms with Crippen molar-refractivity contribution in [3.8, 4) is 0 Å². The summed E-state index contributed by atoms with van der Waals surface area (Å²) >= 11 is 4.66. The van der Waals surface area contributed by atoms with E-state index in [1.54, 1.807) is 17.5 Å². The fourth-order valence-electron chi connectivity index (χ4n) is 2.10. The number of benzene rings is 1. The lowest BCUT2D eigenvalue weighted by Crippen LogP contribution is -2.36. The summed E-state index contributed by atoms with van der Waals surface area (Å²) in [5, 5.41) is 6.25. The molecule has 1 aliphatic heterocycles. The van der Waals surface area contributed by atoms with Gasteiger partial charge in [-0.2, -0.15) is 5.10 Å². The number of hydrogen-bond donors (Lipinski definition) is 1. The number of carbonyl (C=O) groups is 1. The summed E-state index contributed by atoms with van der Waals surface area (Å²) in [5.41, 5.74) is 2.92. The molecule has 1 aliphatic rings. The number of amides is 1. The van der Waals surface area contributed by atoms with E-state index in [0.29, 0.717) is 13.2 Å². The van der Waals surface area contributed by atoms with Crippen LogP contribution in [-0.2, 0) is 4.74 Å². The van der Waals surface area contributed by atoms with E-state index >= 15 is 0 Å². The van der Waals surface area contributed by atoms with Crippen LogP contribution in [0.15, 0.2) is 33.2 Å². The summed E-state index contributed by atoms with van der Waals surface area (Å²) in [4.78, 5) is 18.4. The molecule has 126 valence electrons. The number of anilines is 1. The number of hydrogen-bond acceptors (Lipinski definition) is 6. The zero-order valence-corrected chi connectivity index (χ0v) is 14.9. The minimum Gasteiger partial charge on any atom is -0.378 e. The molecule has 2 aromatic rings. The molecule has 2 heterocycles. The van der Waals surface area contributed by atoms with Crippen molar-refractivity contribution >= 4 is 44.5 Å². The van der Waals surface area contributed by atoms with Crippen molar-refractivity contribution in [2.24, 2.45) is 5.10 Å². The molecule has 1 aromatic heterocycles. The van der Waals surface area contributed by atoms with E-state index < -0.39 is 11.7 Å². The highest BCUT2D eigenvalue weighted by atomic mass is 79.9. The maximum absolute atomic E-state index is 13.6. The SMILES string of the molecule is O=C(N/N=C/c1cc(Br)ccc1F)c1csc(N2CCOCC2)n1. The lowest BCUT2D eigenvalue weighted by atomic mass is 10.2. The zero-order valence-electron chi connectivity index (χ0n) is 12.5. The van der Waals surface area contributed by atoms with Crippen LogP contribution in [0, 0.1) is 5.82 Å². The average molecular weight is 413 g/mol. The minimum absolute atomic E-state index is 0.275. The number of morpholine rings is 1. The van der Waals surface area contributed by atoms with E-state index in [1.807, 2.05) is 0 Å². The summed E-state index contributed by atoms with van der Waals surface area (Å²) in [5.74, 6) is -0.850. The molecule has 1 amide bonds. The summed E-state index contributed by atoms with van der Waals surface area (Å²) in [7, 11) is 0. The third kappa shape index (κ3) is 4.16. The van der Waals surface area contributed by atoms with Crippen molar-refractivity contribution in [3.63, 3.8) is 0 Å². The quantitative estimate of drug-likeness (QED) is 0.619. The van der Waals surface area contributed by atoms with Gasteiger partial charge < -0.3 is 9.64 Å². The highest BCUT2D eigenvalue weighted by molar-refractivity contribution is 9.10. The zero-order chi connectivity index (χ0) is 16.9. The molecule has 1 saturated heterocycles. The van der Waals surface area contributed by atoms with Crippen molar-refractivity contribution in [3.05, 3.63) is 45.1 Å². The van der Waals surface area contributed by atoms with Crippen LogP contribution in [-0.4, -0.2) is 43.4 Å². The Bertz CT molecular complexity index is 762. The van der Waals surface area contributed by atoms with E-state index in [-0.39, 0.29) is 11.3 Å². The first-order valence-corrected chi connectivity index (χ1v) is 8.87. The molecule has 0 radical (unpaired) electrons. The molecule has 0 atom stereocenters.